The van der Waals surface area contributed by atoms with E-state index in [0.717, 1.165) is 10.2 Å². The lowest BCUT2D eigenvalue weighted by atomic mass is 10.1. The van der Waals surface area contributed by atoms with Crippen LogP contribution in [0, 0.1) is 0 Å². The van der Waals surface area contributed by atoms with Crippen LogP contribution in [0.3, 0.4) is 0 Å². The summed E-state index contributed by atoms with van der Waals surface area (Å²) in [6.45, 7) is 2.11. The van der Waals surface area contributed by atoms with Crippen molar-refractivity contribution < 1.29 is 0 Å². The largest absolute Gasteiger partial charge is 0.347 e. The maximum absolute atomic E-state index is 6.08. The van der Waals surface area contributed by atoms with Gasteiger partial charge in [-0.3, -0.25) is 5.32 Å². The molecule has 0 aliphatic heterocycles. The molecule has 0 fully saturated rings. The highest BCUT2D eigenvalue weighted by molar-refractivity contribution is 7.16. The number of halogens is 1. The molecule has 2 N–H and O–H groups in total. The van der Waals surface area contributed by atoms with Crippen LogP contribution in [0.1, 0.15) is 34.6 Å². The Morgan fingerprint density at radius 1 is 1.30 bits per heavy atom. The number of nitrogens with one attached hydrogen (secondary N) is 2. The molecule has 0 saturated carbocycles. The number of imidazole rings is 1. The first-order chi connectivity index (χ1) is 9.74. The van der Waals surface area contributed by atoms with Gasteiger partial charge in [-0.25, -0.2) is 4.98 Å². The van der Waals surface area contributed by atoms with E-state index in [4.69, 9.17) is 11.6 Å². The predicted octanol–water partition coefficient (Wildman–Crippen LogP) is 4.63. The van der Waals surface area contributed by atoms with E-state index in [9.17, 15) is 0 Å². The van der Waals surface area contributed by atoms with Crippen molar-refractivity contribution in [2.45, 2.75) is 19.0 Å². The van der Waals surface area contributed by atoms with Crippen molar-refractivity contribution in [1.82, 2.24) is 15.3 Å². The third-order valence-electron chi connectivity index (χ3n) is 3.05. The summed E-state index contributed by atoms with van der Waals surface area (Å²) in [6.07, 6.45) is 3.62. The van der Waals surface area contributed by atoms with E-state index in [1.54, 1.807) is 28.9 Å². The van der Waals surface area contributed by atoms with Crippen LogP contribution in [-0.2, 0) is 0 Å². The van der Waals surface area contributed by atoms with Crippen molar-refractivity contribution in [2.24, 2.45) is 0 Å². The second kappa shape index (κ2) is 6.10. The monoisotopic (exact) mass is 323 g/mol. The summed E-state index contributed by atoms with van der Waals surface area (Å²) in [5.41, 5.74) is 0. The fraction of sp³-hybridized carbons (Fsp3) is 0.214. The maximum Gasteiger partial charge on any atom is 0.122 e. The number of H-pyrrole nitrogens is 1. The Morgan fingerprint density at radius 2 is 2.20 bits per heavy atom. The Balaban J connectivity index is 1.87. The van der Waals surface area contributed by atoms with Crippen LogP contribution < -0.4 is 5.32 Å². The van der Waals surface area contributed by atoms with E-state index < -0.39 is 0 Å². The minimum Gasteiger partial charge on any atom is -0.347 e. The first kappa shape index (κ1) is 13.8. The quantitative estimate of drug-likeness (QED) is 0.719. The lowest BCUT2D eigenvalue weighted by Crippen LogP contribution is -2.25. The van der Waals surface area contributed by atoms with Crippen molar-refractivity contribution in [1.29, 1.82) is 0 Å². The molecule has 3 heterocycles. The minimum absolute atomic E-state index is 0.137. The molecule has 0 aromatic carbocycles. The minimum atomic E-state index is 0.137. The Bertz CT molecular complexity index is 646. The predicted molar refractivity (Wildman–Crippen MR) is 85.6 cm³/mol. The molecule has 0 spiro atoms. The van der Waals surface area contributed by atoms with E-state index in [2.05, 4.69) is 45.8 Å². The number of nitrogens with zero attached hydrogens (tertiary/aromatic N) is 1. The summed E-state index contributed by atoms with van der Waals surface area (Å²) in [5, 5.41) is 5.71. The van der Waals surface area contributed by atoms with Gasteiger partial charge in [0.25, 0.3) is 0 Å². The molecule has 104 valence electrons. The molecule has 3 aromatic rings. The van der Waals surface area contributed by atoms with E-state index >= 15 is 0 Å². The molecule has 3 rings (SSSR count). The molecule has 0 radical (unpaired) electrons. The van der Waals surface area contributed by atoms with Gasteiger partial charge in [-0.05, 0) is 30.5 Å². The molecule has 0 aliphatic rings. The third kappa shape index (κ3) is 2.96. The van der Waals surface area contributed by atoms with Crippen molar-refractivity contribution in [3.8, 4) is 0 Å². The fourth-order valence-electron chi connectivity index (χ4n) is 2.09. The average Bonchev–Trinajstić information content (AvgIpc) is 3.17. The SMILES string of the molecule is CC(NC(c1cccs1)c1ccc(Cl)s1)c1ncc[nH]1. The van der Waals surface area contributed by atoms with Crippen molar-refractivity contribution in [3.63, 3.8) is 0 Å². The highest BCUT2D eigenvalue weighted by atomic mass is 35.5. The van der Waals surface area contributed by atoms with Gasteiger partial charge in [-0.15, -0.1) is 22.7 Å². The Labute approximate surface area is 130 Å². The lowest BCUT2D eigenvalue weighted by molar-refractivity contribution is 0.508. The van der Waals surface area contributed by atoms with E-state index in [0.29, 0.717) is 0 Å². The van der Waals surface area contributed by atoms with Crippen molar-refractivity contribution in [2.75, 3.05) is 0 Å². The van der Waals surface area contributed by atoms with Gasteiger partial charge in [0.2, 0.25) is 0 Å². The standard InChI is InChI=1S/C14H14ClN3S2/c1-9(14-16-6-7-17-14)18-13(10-3-2-8-19-10)11-4-5-12(15)20-11/h2-9,13,18H,1H3,(H,16,17). The summed E-state index contributed by atoms with van der Waals surface area (Å²) in [4.78, 5) is 9.96. The summed E-state index contributed by atoms with van der Waals surface area (Å²) < 4.78 is 0.814. The molecule has 3 nitrogen and oxygen atoms in total. The normalized spacial score (nSPS) is 14.3. The van der Waals surface area contributed by atoms with Gasteiger partial charge >= 0.3 is 0 Å². The smallest absolute Gasteiger partial charge is 0.122 e. The average molecular weight is 324 g/mol. The van der Waals surface area contributed by atoms with Gasteiger partial charge in [-0.2, -0.15) is 0 Å². The van der Waals surface area contributed by atoms with E-state index in [-0.39, 0.29) is 12.1 Å². The molecule has 2 unspecified atom stereocenters. The fourth-order valence-corrected chi connectivity index (χ4v) is 4.10. The summed E-state index contributed by atoms with van der Waals surface area (Å²) in [7, 11) is 0. The number of rotatable bonds is 5. The molecule has 2 atom stereocenters. The van der Waals surface area contributed by atoms with E-state index in [1.807, 2.05) is 12.3 Å². The van der Waals surface area contributed by atoms with Gasteiger partial charge in [0.1, 0.15) is 5.82 Å². The highest BCUT2D eigenvalue weighted by Crippen LogP contribution is 2.34. The molecule has 3 aromatic heterocycles. The molecule has 0 bridgehead atoms. The molecule has 0 amide bonds. The van der Waals surface area contributed by atoms with Crippen LogP contribution in [0.15, 0.2) is 42.0 Å². The Kier molecular flexibility index (Phi) is 4.21. The van der Waals surface area contributed by atoms with Gasteiger partial charge in [0.15, 0.2) is 0 Å². The zero-order valence-corrected chi connectivity index (χ0v) is 13.2. The second-order valence-electron chi connectivity index (χ2n) is 4.45. The number of aromatic amines is 1. The summed E-state index contributed by atoms with van der Waals surface area (Å²) in [6, 6.07) is 8.53. The molecule has 20 heavy (non-hydrogen) atoms. The zero-order chi connectivity index (χ0) is 13.9. The van der Waals surface area contributed by atoms with Crippen molar-refractivity contribution in [3.05, 3.63) is 62.0 Å². The first-order valence-electron chi connectivity index (χ1n) is 6.28. The molecular formula is C14H14ClN3S2. The topological polar surface area (TPSA) is 40.7 Å². The zero-order valence-electron chi connectivity index (χ0n) is 10.8. The van der Waals surface area contributed by atoms with Gasteiger partial charge in [0, 0.05) is 22.1 Å². The van der Waals surface area contributed by atoms with Crippen LogP contribution in [-0.4, -0.2) is 9.97 Å². The molecule has 6 heteroatoms. The number of hydrogen-bond acceptors (Lipinski definition) is 4. The van der Waals surface area contributed by atoms with Gasteiger partial charge < -0.3 is 4.98 Å². The third-order valence-corrected chi connectivity index (χ3v) is 5.29. The second-order valence-corrected chi connectivity index (χ2v) is 7.18. The van der Waals surface area contributed by atoms with E-state index in [1.165, 1.54) is 9.75 Å². The maximum atomic E-state index is 6.08. The van der Waals surface area contributed by atoms with Crippen LogP contribution in [0.2, 0.25) is 4.34 Å². The highest BCUT2D eigenvalue weighted by Gasteiger charge is 2.20. The van der Waals surface area contributed by atoms with Crippen LogP contribution in [0.25, 0.3) is 0 Å². The van der Waals surface area contributed by atoms with Crippen LogP contribution in [0.4, 0.5) is 0 Å². The number of aromatic nitrogens is 2. The molecule has 0 aliphatic carbocycles. The summed E-state index contributed by atoms with van der Waals surface area (Å²) >= 11 is 9.43. The Hall–Kier alpha value is -1.14. The Morgan fingerprint density at radius 3 is 2.80 bits per heavy atom. The van der Waals surface area contributed by atoms with Crippen LogP contribution in [0.5, 0.6) is 0 Å². The number of thiophene rings is 2. The van der Waals surface area contributed by atoms with Crippen LogP contribution >= 0.6 is 34.3 Å². The molecular weight excluding hydrogens is 310 g/mol. The summed E-state index contributed by atoms with van der Waals surface area (Å²) in [5.74, 6) is 0.939. The number of hydrogen-bond donors (Lipinski definition) is 2. The lowest BCUT2D eigenvalue weighted by Gasteiger charge is -2.20. The van der Waals surface area contributed by atoms with Crippen molar-refractivity contribution >= 4 is 34.3 Å². The molecule has 0 saturated heterocycles. The van der Waals surface area contributed by atoms with Gasteiger partial charge in [0.05, 0.1) is 16.4 Å². The first-order valence-corrected chi connectivity index (χ1v) is 8.35. The van der Waals surface area contributed by atoms with Gasteiger partial charge in [-0.1, -0.05) is 17.7 Å².